The van der Waals surface area contributed by atoms with Gasteiger partial charge in [0, 0.05) is 31.5 Å². The first kappa shape index (κ1) is 11.9. The summed E-state index contributed by atoms with van der Waals surface area (Å²) in [6.07, 6.45) is 2.08. The van der Waals surface area contributed by atoms with Crippen molar-refractivity contribution in [2.45, 2.75) is 26.6 Å². The second-order valence-corrected chi connectivity index (χ2v) is 4.02. The van der Waals surface area contributed by atoms with Crippen LogP contribution in [0, 0.1) is 5.82 Å². The maximum atomic E-state index is 12.7. The lowest BCUT2D eigenvalue weighted by atomic mass is 10.2. The Bertz CT molecular complexity index is 459. The summed E-state index contributed by atoms with van der Waals surface area (Å²) in [4.78, 5) is 0. The topological polar surface area (TPSA) is 17.0 Å². The molecule has 3 heteroatoms. The summed E-state index contributed by atoms with van der Waals surface area (Å²) in [5.41, 5.74) is 2.37. The third-order valence-corrected chi connectivity index (χ3v) is 2.81. The van der Waals surface area contributed by atoms with Crippen molar-refractivity contribution in [3.63, 3.8) is 0 Å². The van der Waals surface area contributed by atoms with Gasteiger partial charge in [0.25, 0.3) is 0 Å². The average Bonchev–Trinajstić information content (AvgIpc) is 2.79. The second kappa shape index (κ2) is 5.64. The number of benzene rings is 1. The van der Waals surface area contributed by atoms with Crippen molar-refractivity contribution in [3.8, 4) is 0 Å². The molecule has 0 spiro atoms. The number of aryl methyl sites for hydroxylation is 1. The summed E-state index contributed by atoms with van der Waals surface area (Å²) < 4.78 is 14.9. The van der Waals surface area contributed by atoms with E-state index in [0.29, 0.717) is 0 Å². The number of aromatic nitrogens is 1. The number of nitrogens with one attached hydrogen (secondary N) is 1. The first-order valence-electron chi connectivity index (χ1n) is 5.89. The van der Waals surface area contributed by atoms with Crippen LogP contribution in [0.15, 0.2) is 42.6 Å². The molecule has 0 saturated heterocycles. The lowest BCUT2D eigenvalue weighted by molar-refractivity contribution is 0.618. The van der Waals surface area contributed by atoms with Crippen LogP contribution in [-0.4, -0.2) is 4.57 Å². The largest absolute Gasteiger partial charge is 0.351 e. The molecule has 0 aliphatic heterocycles. The van der Waals surface area contributed by atoms with E-state index in [2.05, 4.69) is 35.1 Å². The number of hydrogen-bond donors (Lipinski definition) is 1. The minimum absolute atomic E-state index is 0.186. The molecule has 1 heterocycles. The van der Waals surface area contributed by atoms with Crippen molar-refractivity contribution < 1.29 is 4.39 Å². The lowest BCUT2D eigenvalue weighted by Crippen LogP contribution is -2.15. The van der Waals surface area contributed by atoms with Crippen LogP contribution < -0.4 is 5.32 Å². The fraction of sp³-hybridized carbons (Fsp3) is 0.286. The molecular weight excluding hydrogens is 215 g/mol. The highest BCUT2D eigenvalue weighted by Crippen LogP contribution is 2.04. The van der Waals surface area contributed by atoms with Gasteiger partial charge in [-0.15, -0.1) is 0 Å². The van der Waals surface area contributed by atoms with E-state index in [1.807, 2.05) is 0 Å². The van der Waals surface area contributed by atoms with E-state index < -0.39 is 0 Å². The molecule has 90 valence electrons. The molecule has 0 saturated carbocycles. The Labute approximate surface area is 101 Å². The van der Waals surface area contributed by atoms with Crippen molar-refractivity contribution >= 4 is 0 Å². The van der Waals surface area contributed by atoms with Gasteiger partial charge in [0.15, 0.2) is 0 Å². The summed E-state index contributed by atoms with van der Waals surface area (Å²) in [7, 11) is 0. The number of rotatable bonds is 5. The molecule has 0 amide bonds. The van der Waals surface area contributed by atoms with E-state index in [0.717, 1.165) is 25.2 Å². The summed E-state index contributed by atoms with van der Waals surface area (Å²) >= 11 is 0. The van der Waals surface area contributed by atoms with Gasteiger partial charge in [0.05, 0.1) is 0 Å². The van der Waals surface area contributed by atoms with Gasteiger partial charge in [-0.05, 0) is 36.8 Å². The van der Waals surface area contributed by atoms with Crippen LogP contribution in [0.25, 0.3) is 0 Å². The number of halogens is 1. The van der Waals surface area contributed by atoms with Gasteiger partial charge in [-0.25, -0.2) is 4.39 Å². The summed E-state index contributed by atoms with van der Waals surface area (Å²) in [5, 5.41) is 3.35. The molecule has 0 aliphatic carbocycles. The van der Waals surface area contributed by atoms with Gasteiger partial charge in [-0.3, -0.25) is 0 Å². The normalized spacial score (nSPS) is 10.7. The molecule has 2 rings (SSSR count). The van der Waals surface area contributed by atoms with Gasteiger partial charge in [-0.1, -0.05) is 12.1 Å². The highest BCUT2D eigenvalue weighted by atomic mass is 19.1. The van der Waals surface area contributed by atoms with E-state index in [1.165, 1.54) is 17.8 Å². The predicted molar refractivity (Wildman–Crippen MR) is 67.0 cm³/mol. The van der Waals surface area contributed by atoms with Crippen molar-refractivity contribution in [1.82, 2.24) is 9.88 Å². The van der Waals surface area contributed by atoms with E-state index in [-0.39, 0.29) is 5.82 Å². The Morgan fingerprint density at radius 1 is 1.12 bits per heavy atom. The van der Waals surface area contributed by atoms with Crippen molar-refractivity contribution in [2.24, 2.45) is 0 Å². The smallest absolute Gasteiger partial charge is 0.123 e. The SMILES string of the molecule is CCn1cccc1CNCc1ccc(F)cc1. The summed E-state index contributed by atoms with van der Waals surface area (Å²) in [5.74, 6) is -0.186. The zero-order chi connectivity index (χ0) is 12.1. The fourth-order valence-electron chi connectivity index (χ4n) is 1.86. The van der Waals surface area contributed by atoms with Crippen LogP contribution in [0.1, 0.15) is 18.2 Å². The van der Waals surface area contributed by atoms with Crippen LogP contribution in [-0.2, 0) is 19.6 Å². The number of hydrogen-bond acceptors (Lipinski definition) is 1. The molecule has 0 radical (unpaired) electrons. The Kier molecular flexibility index (Phi) is 3.94. The molecule has 17 heavy (non-hydrogen) atoms. The Hall–Kier alpha value is -1.61. The van der Waals surface area contributed by atoms with Gasteiger partial charge < -0.3 is 9.88 Å². The predicted octanol–water partition coefficient (Wildman–Crippen LogP) is 2.94. The van der Waals surface area contributed by atoms with Crippen LogP contribution >= 0.6 is 0 Å². The second-order valence-electron chi connectivity index (χ2n) is 4.02. The molecule has 0 bridgehead atoms. The molecule has 0 atom stereocenters. The van der Waals surface area contributed by atoms with Gasteiger partial charge in [0.2, 0.25) is 0 Å². The first-order valence-corrected chi connectivity index (χ1v) is 5.89. The molecule has 2 nitrogen and oxygen atoms in total. The van der Waals surface area contributed by atoms with Gasteiger partial charge in [-0.2, -0.15) is 0 Å². The molecule has 1 aromatic heterocycles. The maximum Gasteiger partial charge on any atom is 0.123 e. The molecule has 1 aromatic carbocycles. The molecule has 0 aliphatic rings. The third-order valence-electron chi connectivity index (χ3n) is 2.81. The average molecular weight is 232 g/mol. The van der Waals surface area contributed by atoms with Crippen molar-refractivity contribution in [1.29, 1.82) is 0 Å². The Balaban J connectivity index is 1.85. The van der Waals surface area contributed by atoms with Crippen LogP contribution in [0.2, 0.25) is 0 Å². The van der Waals surface area contributed by atoms with E-state index in [9.17, 15) is 4.39 Å². The van der Waals surface area contributed by atoms with Crippen LogP contribution in [0.5, 0.6) is 0 Å². The minimum atomic E-state index is -0.186. The van der Waals surface area contributed by atoms with E-state index in [4.69, 9.17) is 0 Å². The molecular formula is C14H17FN2. The van der Waals surface area contributed by atoms with Crippen molar-refractivity contribution in [3.05, 3.63) is 59.7 Å². The number of nitrogens with zero attached hydrogens (tertiary/aromatic N) is 1. The van der Waals surface area contributed by atoms with Crippen LogP contribution in [0.4, 0.5) is 4.39 Å². The quantitative estimate of drug-likeness (QED) is 0.838. The highest BCUT2D eigenvalue weighted by molar-refractivity contribution is 5.16. The Morgan fingerprint density at radius 3 is 2.59 bits per heavy atom. The van der Waals surface area contributed by atoms with Crippen LogP contribution in [0.3, 0.4) is 0 Å². The Morgan fingerprint density at radius 2 is 1.88 bits per heavy atom. The monoisotopic (exact) mass is 232 g/mol. The minimum Gasteiger partial charge on any atom is -0.351 e. The molecule has 2 aromatic rings. The first-order chi connectivity index (χ1) is 8.29. The maximum absolute atomic E-state index is 12.7. The fourth-order valence-corrected chi connectivity index (χ4v) is 1.86. The van der Waals surface area contributed by atoms with Gasteiger partial charge in [0.1, 0.15) is 5.82 Å². The standard InChI is InChI=1S/C14H17FN2/c1-2-17-9-3-4-14(17)11-16-10-12-5-7-13(15)8-6-12/h3-9,16H,2,10-11H2,1H3. The third kappa shape index (κ3) is 3.17. The molecule has 0 unspecified atom stereocenters. The van der Waals surface area contributed by atoms with E-state index in [1.54, 1.807) is 12.1 Å². The highest BCUT2D eigenvalue weighted by Gasteiger charge is 1.99. The summed E-state index contributed by atoms with van der Waals surface area (Å²) in [6, 6.07) is 10.8. The van der Waals surface area contributed by atoms with Gasteiger partial charge >= 0.3 is 0 Å². The lowest BCUT2D eigenvalue weighted by Gasteiger charge is -2.08. The zero-order valence-corrected chi connectivity index (χ0v) is 9.99. The molecule has 1 N–H and O–H groups in total. The molecule has 0 fully saturated rings. The van der Waals surface area contributed by atoms with E-state index >= 15 is 0 Å². The summed E-state index contributed by atoms with van der Waals surface area (Å²) in [6.45, 7) is 4.71. The van der Waals surface area contributed by atoms with Crippen molar-refractivity contribution in [2.75, 3.05) is 0 Å². The zero-order valence-electron chi connectivity index (χ0n) is 9.99.